The number of rotatable bonds is 9. The zero-order valence-corrected chi connectivity index (χ0v) is 12.8. The topological polar surface area (TPSA) is 53.7 Å². The zero-order valence-electron chi connectivity index (χ0n) is 10.6. The molecule has 1 unspecified atom stereocenters. The highest BCUT2D eigenvalue weighted by Gasteiger charge is 2.08. The van der Waals surface area contributed by atoms with Crippen LogP contribution in [0.2, 0.25) is 0 Å². The predicted octanol–water partition coefficient (Wildman–Crippen LogP) is 2.94. The maximum Gasteiger partial charge on any atom is 0.123 e. The first kappa shape index (κ1) is 15.5. The summed E-state index contributed by atoms with van der Waals surface area (Å²) in [6.45, 7) is 3.70. The SMILES string of the molecule is CCCC(COc1cccc(OCCN)c1)OI. The van der Waals surface area contributed by atoms with Crippen molar-refractivity contribution in [3.8, 4) is 11.5 Å². The molecule has 1 aromatic carbocycles. The molecule has 0 amide bonds. The Kier molecular flexibility index (Phi) is 8.11. The van der Waals surface area contributed by atoms with Gasteiger partial charge in [-0.1, -0.05) is 19.4 Å². The van der Waals surface area contributed by atoms with Crippen LogP contribution in [0.15, 0.2) is 24.3 Å². The van der Waals surface area contributed by atoms with E-state index in [9.17, 15) is 0 Å². The van der Waals surface area contributed by atoms with E-state index in [-0.39, 0.29) is 6.10 Å². The monoisotopic (exact) mass is 365 g/mol. The minimum atomic E-state index is 0.129. The quantitative estimate of drug-likeness (QED) is 0.684. The smallest absolute Gasteiger partial charge is 0.123 e. The Hall–Kier alpha value is -0.530. The Labute approximate surface area is 122 Å². The van der Waals surface area contributed by atoms with Gasteiger partial charge in [0.1, 0.15) is 53.8 Å². The first-order chi connectivity index (χ1) is 8.80. The highest BCUT2D eigenvalue weighted by molar-refractivity contribution is 14.1. The second kappa shape index (κ2) is 9.41. The molecule has 1 rings (SSSR count). The molecule has 5 heteroatoms. The molecule has 0 aliphatic carbocycles. The summed E-state index contributed by atoms with van der Waals surface area (Å²) < 4.78 is 16.4. The van der Waals surface area contributed by atoms with E-state index in [1.54, 1.807) is 0 Å². The van der Waals surface area contributed by atoms with Crippen LogP contribution in [-0.4, -0.2) is 25.9 Å². The number of benzene rings is 1. The van der Waals surface area contributed by atoms with E-state index in [4.69, 9.17) is 18.3 Å². The highest BCUT2D eigenvalue weighted by atomic mass is 127. The van der Waals surface area contributed by atoms with E-state index in [0.717, 1.165) is 24.3 Å². The van der Waals surface area contributed by atoms with Crippen LogP contribution in [0, 0.1) is 0 Å². The van der Waals surface area contributed by atoms with Gasteiger partial charge in [0.2, 0.25) is 0 Å². The van der Waals surface area contributed by atoms with Gasteiger partial charge in [-0.15, -0.1) is 0 Å². The molecule has 0 aliphatic rings. The van der Waals surface area contributed by atoms with Gasteiger partial charge in [-0.05, 0) is 18.6 Å². The van der Waals surface area contributed by atoms with Crippen LogP contribution in [0.25, 0.3) is 0 Å². The minimum Gasteiger partial charge on any atom is -0.492 e. The summed E-state index contributed by atoms with van der Waals surface area (Å²) in [6.07, 6.45) is 2.20. The van der Waals surface area contributed by atoms with Gasteiger partial charge in [-0.2, -0.15) is 0 Å². The largest absolute Gasteiger partial charge is 0.492 e. The molecule has 0 bridgehead atoms. The molecule has 0 radical (unpaired) electrons. The van der Waals surface area contributed by atoms with Gasteiger partial charge >= 0.3 is 0 Å². The fraction of sp³-hybridized carbons (Fsp3) is 0.538. The van der Waals surface area contributed by atoms with Crippen molar-refractivity contribution in [1.29, 1.82) is 0 Å². The second-order valence-electron chi connectivity index (χ2n) is 3.92. The van der Waals surface area contributed by atoms with E-state index >= 15 is 0 Å². The summed E-state index contributed by atoms with van der Waals surface area (Å²) >= 11 is 1.92. The van der Waals surface area contributed by atoms with Crippen LogP contribution in [-0.2, 0) is 3.07 Å². The molecule has 1 atom stereocenters. The van der Waals surface area contributed by atoms with Crippen LogP contribution in [0.4, 0.5) is 0 Å². The summed E-state index contributed by atoms with van der Waals surface area (Å²) in [7, 11) is 0. The van der Waals surface area contributed by atoms with Crippen molar-refractivity contribution in [2.24, 2.45) is 5.73 Å². The third kappa shape index (κ3) is 5.88. The average Bonchev–Trinajstić information content (AvgIpc) is 2.41. The lowest BCUT2D eigenvalue weighted by molar-refractivity contribution is 0.162. The maximum atomic E-state index is 5.69. The Bertz CT molecular complexity index is 336. The Balaban J connectivity index is 2.45. The summed E-state index contributed by atoms with van der Waals surface area (Å²) in [6, 6.07) is 7.57. The van der Waals surface area contributed by atoms with E-state index < -0.39 is 0 Å². The molecule has 0 aromatic heterocycles. The van der Waals surface area contributed by atoms with Crippen molar-refractivity contribution >= 4 is 23.0 Å². The van der Waals surface area contributed by atoms with Crippen LogP contribution in [0.3, 0.4) is 0 Å². The average molecular weight is 365 g/mol. The fourth-order valence-corrected chi connectivity index (χ4v) is 1.90. The van der Waals surface area contributed by atoms with Crippen LogP contribution in [0.1, 0.15) is 19.8 Å². The first-order valence-electron chi connectivity index (χ1n) is 6.13. The van der Waals surface area contributed by atoms with Gasteiger partial charge in [0.25, 0.3) is 0 Å². The lowest BCUT2D eigenvalue weighted by atomic mass is 10.2. The van der Waals surface area contributed by atoms with E-state index in [2.05, 4.69) is 6.92 Å². The second-order valence-corrected chi connectivity index (χ2v) is 4.43. The molecule has 0 heterocycles. The normalized spacial score (nSPS) is 12.2. The molecule has 2 N–H and O–H groups in total. The Morgan fingerprint density at radius 2 is 2.00 bits per heavy atom. The molecular weight excluding hydrogens is 345 g/mol. The van der Waals surface area contributed by atoms with E-state index in [0.29, 0.717) is 19.8 Å². The first-order valence-corrected chi connectivity index (χ1v) is 7.01. The number of nitrogens with two attached hydrogens (primary N) is 1. The van der Waals surface area contributed by atoms with Crippen molar-refractivity contribution in [3.05, 3.63) is 24.3 Å². The van der Waals surface area contributed by atoms with Crippen LogP contribution < -0.4 is 15.2 Å². The Morgan fingerprint density at radius 3 is 2.61 bits per heavy atom. The third-order valence-corrected chi connectivity index (χ3v) is 3.08. The molecule has 0 saturated carbocycles. The van der Waals surface area contributed by atoms with Crippen molar-refractivity contribution < 1.29 is 12.5 Å². The zero-order chi connectivity index (χ0) is 13.2. The van der Waals surface area contributed by atoms with Crippen molar-refractivity contribution in [3.63, 3.8) is 0 Å². The van der Waals surface area contributed by atoms with Gasteiger partial charge < -0.3 is 18.3 Å². The number of ether oxygens (including phenoxy) is 2. The summed E-state index contributed by atoms with van der Waals surface area (Å²) in [5.41, 5.74) is 5.39. The molecule has 0 saturated heterocycles. The van der Waals surface area contributed by atoms with Crippen molar-refractivity contribution in [2.75, 3.05) is 19.8 Å². The van der Waals surface area contributed by atoms with Crippen LogP contribution in [0.5, 0.6) is 11.5 Å². The molecule has 102 valence electrons. The molecule has 4 nitrogen and oxygen atoms in total. The standard InChI is InChI=1S/C13H20INO3/c1-2-4-13(18-14)10-17-12-6-3-5-11(9-12)16-8-7-15/h3,5-6,9,13H,2,4,7-8,10,15H2,1H3. The summed E-state index contributed by atoms with van der Waals surface area (Å²) in [5, 5.41) is 0. The van der Waals surface area contributed by atoms with Gasteiger partial charge in [-0.3, -0.25) is 0 Å². The predicted molar refractivity (Wildman–Crippen MR) is 80.3 cm³/mol. The van der Waals surface area contributed by atoms with Crippen molar-refractivity contribution in [2.45, 2.75) is 25.9 Å². The van der Waals surface area contributed by atoms with E-state index in [1.807, 2.05) is 47.3 Å². The van der Waals surface area contributed by atoms with Gasteiger partial charge in [0.05, 0.1) is 0 Å². The highest BCUT2D eigenvalue weighted by Crippen LogP contribution is 2.20. The Morgan fingerprint density at radius 1 is 1.28 bits per heavy atom. The van der Waals surface area contributed by atoms with Gasteiger partial charge in [0, 0.05) is 12.6 Å². The minimum absolute atomic E-state index is 0.129. The molecule has 0 aliphatic heterocycles. The molecule has 1 aromatic rings. The number of hydrogen-bond acceptors (Lipinski definition) is 4. The van der Waals surface area contributed by atoms with Gasteiger partial charge in [0.15, 0.2) is 0 Å². The fourth-order valence-electron chi connectivity index (χ4n) is 1.50. The van der Waals surface area contributed by atoms with Gasteiger partial charge in [-0.25, -0.2) is 0 Å². The third-order valence-electron chi connectivity index (χ3n) is 2.36. The lowest BCUT2D eigenvalue weighted by Gasteiger charge is -2.14. The lowest BCUT2D eigenvalue weighted by Crippen LogP contribution is -2.18. The van der Waals surface area contributed by atoms with E-state index in [1.165, 1.54) is 0 Å². The van der Waals surface area contributed by atoms with Crippen molar-refractivity contribution in [1.82, 2.24) is 0 Å². The molecule has 0 spiro atoms. The molecule has 18 heavy (non-hydrogen) atoms. The number of halogens is 1. The number of hydrogen-bond donors (Lipinski definition) is 1. The summed E-state index contributed by atoms with van der Waals surface area (Å²) in [5.74, 6) is 1.57. The van der Waals surface area contributed by atoms with Crippen LogP contribution >= 0.6 is 23.0 Å². The molecular formula is C13H20INO3. The maximum absolute atomic E-state index is 5.69. The molecule has 0 fully saturated rings. The summed E-state index contributed by atoms with van der Waals surface area (Å²) in [4.78, 5) is 0.